The molecule has 7 nitrogen and oxygen atoms in total. The van der Waals surface area contributed by atoms with Gasteiger partial charge in [-0.15, -0.1) is 0 Å². The Morgan fingerprint density at radius 3 is 2.26 bits per heavy atom. The number of carbonyl (C=O) groups is 3. The molecule has 7 heteroatoms. The zero-order valence-corrected chi connectivity index (χ0v) is 15.5. The molecule has 1 atom stereocenters. The Bertz CT molecular complexity index is 821. The summed E-state index contributed by atoms with van der Waals surface area (Å²) in [5.41, 5.74) is 1.81. The monoisotopic (exact) mass is 369 g/mol. The zero-order valence-electron chi connectivity index (χ0n) is 15.5. The van der Waals surface area contributed by atoms with Crippen molar-refractivity contribution in [3.05, 3.63) is 54.1 Å². The number of carbonyl (C=O) groups excluding carboxylic acids is 3. The molecule has 0 saturated heterocycles. The van der Waals surface area contributed by atoms with Crippen LogP contribution in [-0.2, 0) is 14.4 Å². The minimum absolute atomic E-state index is 0.0527. The average Bonchev–Trinajstić information content (AvgIpc) is 2.61. The second-order valence-corrected chi connectivity index (χ2v) is 6.01. The molecule has 0 spiro atoms. The number of rotatable bonds is 7. The molecule has 2 rings (SSSR count). The van der Waals surface area contributed by atoms with Crippen LogP contribution < -0.4 is 20.7 Å². The molecule has 2 aromatic carbocycles. The van der Waals surface area contributed by atoms with Gasteiger partial charge < -0.3 is 20.7 Å². The van der Waals surface area contributed by atoms with Gasteiger partial charge in [0.1, 0.15) is 5.75 Å². The van der Waals surface area contributed by atoms with Crippen LogP contribution in [0.4, 0.5) is 11.4 Å². The van der Waals surface area contributed by atoms with Crippen molar-refractivity contribution < 1.29 is 19.1 Å². The van der Waals surface area contributed by atoms with Crippen LogP contribution in [0.3, 0.4) is 0 Å². The summed E-state index contributed by atoms with van der Waals surface area (Å²) in [5.74, 6) is -0.266. The highest BCUT2D eigenvalue weighted by Gasteiger charge is 2.18. The molecule has 0 fully saturated rings. The summed E-state index contributed by atoms with van der Waals surface area (Å²) in [7, 11) is 1.49. The van der Waals surface area contributed by atoms with E-state index in [0.717, 1.165) is 5.56 Å². The van der Waals surface area contributed by atoms with Gasteiger partial charge in [-0.2, -0.15) is 0 Å². The van der Waals surface area contributed by atoms with Gasteiger partial charge in [-0.1, -0.05) is 30.3 Å². The van der Waals surface area contributed by atoms with Gasteiger partial charge >= 0.3 is 0 Å². The van der Waals surface area contributed by atoms with Crippen LogP contribution in [0.1, 0.15) is 31.9 Å². The summed E-state index contributed by atoms with van der Waals surface area (Å²) in [5, 5.41) is 8.23. The van der Waals surface area contributed by atoms with Crippen LogP contribution in [0.5, 0.6) is 5.75 Å². The molecule has 3 N–H and O–H groups in total. The highest BCUT2D eigenvalue weighted by Crippen LogP contribution is 2.28. The summed E-state index contributed by atoms with van der Waals surface area (Å²) in [6, 6.07) is 13.8. The third kappa shape index (κ3) is 6.14. The van der Waals surface area contributed by atoms with Crippen LogP contribution in [0.25, 0.3) is 0 Å². The number of hydrogen-bond donors (Lipinski definition) is 3. The Hall–Kier alpha value is -3.35. The lowest BCUT2D eigenvalue weighted by molar-refractivity contribution is -0.120. The van der Waals surface area contributed by atoms with Crippen LogP contribution in [-0.4, -0.2) is 24.8 Å². The number of methoxy groups -OCH3 is 1. The quantitative estimate of drug-likeness (QED) is 0.699. The smallest absolute Gasteiger partial charge is 0.226 e. The number of anilines is 2. The fourth-order valence-electron chi connectivity index (χ4n) is 2.66. The van der Waals surface area contributed by atoms with Crippen molar-refractivity contribution in [1.29, 1.82) is 0 Å². The zero-order chi connectivity index (χ0) is 19.8. The van der Waals surface area contributed by atoms with Gasteiger partial charge in [0.05, 0.1) is 25.3 Å². The maximum atomic E-state index is 12.6. The van der Waals surface area contributed by atoms with Crippen molar-refractivity contribution in [3.8, 4) is 5.75 Å². The maximum absolute atomic E-state index is 12.6. The predicted octanol–water partition coefficient (Wildman–Crippen LogP) is 2.86. The molecular weight excluding hydrogens is 346 g/mol. The highest BCUT2D eigenvalue weighted by atomic mass is 16.5. The second-order valence-electron chi connectivity index (χ2n) is 6.01. The lowest BCUT2D eigenvalue weighted by Gasteiger charge is -2.19. The number of amides is 3. The molecule has 0 heterocycles. The van der Waals surface area contributed by atoms with E-state index in [0.29, 0.717) is 17.1 Å². The van der Waals surface area contributed by atoms with Crippen molar-refractivity contribution in [2.75, 3.05) is 17.7 Å². The fourth-order valence-corrected chi connectivity index (χ4v) is 2.66. The Morgan fingerprint density at radius 2 is 1.67 bits per heavy atom. The SMILES string of the molecule is COc1ccc(NC(C)=O)cc1NC(=O)CC(NC(C)=O)c1ccccc1. The number of ether oxygens (including phenoxy) is 1. The molecular formula is C20H23N3O4. The van der Waals surface area contributed by atoms with Crippen molar-refractivity contribution in [1.82, 2.24) is 5.32 Å². The van der Waals surface area contributed by atoms with Crippen LogP contribution in [0.2, 0.25) is 0 Å². The molecule has 2 aromatic rings. The van der Waals surface area contributed by atoms with E-state index in [4.69, 9.17) is 4.74 Å². The lowest BCUT2D eigenvalue weighted by Crippen LogP contribution is -2.29. The van der Waals surface area contributed by atoms with Gasteiger partial charge in [0, 0.05) is 19.5 Å². The first-order valence-electron chi connectivity index (χ1n) is 8.46. The first-order chi connectivity index (χ1) is 12.9. The lowest BCUT2D eigenvalue weighted by atomic mass is 10.0. The number of nitrogens with one attached hydrogen (secondary N) is 3. The summed E-state index contributed by atoms with van der Waals surface area (Å²) in [6.07, 6.45) is 0.0527. The average molecular weight is 369 g/mol. The minimum Gasteiger partial charge on any atom is -0.495 e. The van der Waals surface area contributed by atoms with Crippen molar-refractivity contribution in [3.63, 3.8) is 0 Å². The van der Waals surface area contributed by atoms with Gasteiger partial charge in [-0.25, -0.2) is 0 Å². The van der Waals surface area contributed by atoms with Crippen molar-refractivity contribution in [2.24, 2.45) is 0 Å². The summed E-state index contributed by atoms with van der Waals surface area (Å²) >= 11 is 0. The molecule has 142 valence electrons. The summed E-state index contributed by atoms with van der Waals surface area (Å²) in [6.45, 7) is 2.81. The van der Waals surface area contributed by atoms with Gasteiger partial charge in [0.15, 0.2) is 0 Å². The van der Waals surface area contributed by atoms with E-state index in [1.807, 2.05) is 30.3 Å². The molecule has 27 heavy (non-hydrogen) atoms. The van der Waals surface area contributed by atoms with Crippen molar-refractivity contribution >= 4 is 29.1 Å². The van der Waals surface area contributed by atoms with E-state index in [1.165, 1.54) is 21.0 Å². The molecule has 3 amide bonds. The third-order valence-electron chi connectivity index (χ3n) is 3.76. The van der Waals surface area contributed by atoms with E-state index in [1.54, 1.807) is 18.2 Å². The van der Waals surface area contributed by atoms with Crippen LogP contribution in [0.15, 0.2) is 48.5 Å². The maximum Gasteiger partial charge on any atom is 0.226 e. The van der Waals surface area contributed by atoms with Gasteiger partial charge in [0.2, 0.25) is 17.7 Å². The van der Waals surface area contributed by atoms with Gasteiger partial charge in [-0.3, -0.25) is 14.4 Å². The number of benzene rings is 2. The largest absolute Gasteiger partial charge is 0.495 e. The Morgan fingerprint density at radius 1 is 0.963 bits per heavy atom. The number of hydrogen-bond acceptors (Lipinski definition) is 4. The normalized spacial score (nSPS) is 11.2. The third-order valence-corrected chi connectivity index (χ3v) is 3.76. The Kier molecular flexibility index (Phi) is 6.93. The first kappa shape index (κ1) is 20.0. The molecule has 0 radical (unpaired) electrons. The van der Waals surface area contributed by atoms with E-state index in [9.17, 15) is 14.4 Å². The summed E-state index contributed by atoms with van der Waals surface area (Å²) < 4.78 is 5.26. The second kappa shape index (κ2) is 9.38. The summed E-state index contributed by atoms with van der Waals surface area (Å²) in [4.78, 5) is 35.3. The predicted molar refractivity (Wildman–Crippen MR) is 104 cm³/mol. The molecule has 0 aliphatic heterocycles. The molecule has 0 saturated carbocycles. The molecule has 0 aliphatic rings. The minimum atomic E-state index is -0.451. The van der Waals surface area contributed by atoms with E-state index in [-0.39, 0.29) is 24.1 Å². The Balaban J connectivity index is 2.17. The highest BCUT2D eigenvalue weighted by molar-refractivity contribution is 5.95. The van der Waals surface area contributed by atoms with Gasteiger partial charge in [-0.05, 0) is 23.8 Å². The molecule has 1 unspecified atom stereocenters. The Labute approximate surface area is 158 Å². The van der Waals surface area contributed by atoms with E-state index >= 15 is 0 Å². The molecule has 0 aliphatic carbocycles. The first-order valence-corrected chi connectivity index (χ1v) is 8.46. The van der Waals surface area contributed by atoms with Crippen LogP contribution in [0, 0.1) is 0 Å². The van der Waals surface area contributed by atoms with E-state index < -0.39 is 6.04 Å². The van der Waals surface area contributed by atoms with E-state index in [2.05, 4.69) is 16.0 Å². The fraction of sp³-hybridized carbons (Fsp3) is 0.250. The van der Waals surface area contributed by atoms with Crippen molar-refractivity contribution in [2.45, 2.75) is 26.3 Å². The van der Waals surface area contributed by atoms with Crippen LogP contribution >= 0.6 is 0 Å². The molecule has 0 bridgehead atoms. The van der Waals surface area contributed by atoms with Gasteiger partial charge in [0.25, 0.3) is 0 Å². The molecule has 0 aromatic heterocycles. The topological polar surface area (TPSA) is 96.5 Å². The standard InChI is InChI=1S/C20H23N3O4/c1-13(24)21-16-9-10-19(27-3)18(11-16)23-20(26)12-17(22-14(2)25)15-7-5-4-6-8-15/h4-11,17H,12H2,1-3H3,(H,21,24)(H,22,25)(H,23,26).